The second-order valence-electron chi connectivity index (χ2n) is 5.57. The van der Waals surface area contributed by atoms with Gasteiger partial charge in [-0.15, -0.1) is 0 Å². The molecular weight excluding hydrogens is 368 g/mol. The van der Waals surface area contributed by atoms with Crippen LogP contribution in [0.4, 0.5) is 5.69 Å². The highest BCUT2D eigenvalue weighted by Crippen LogP contribution is 2.20. The monoisotopic (exact) mass is 388 g/mol. The number of benzene rings is 2. The normalized spacial score (nSPS) is 10.3. The number of anilines is 1. The third-order valence-electron chi connectivity index (χ3n) is 3.67. The van der Waals surface area contributed by atoms with E-state index in [0.29, 0.717) is 23.4 Å². The SMILES string of the molecule is CCCCNC(=O)c1ccccc1NC(=O)c1ccc(C)c(Br)c1. The molecular formula is C19H21BrN2O2. The number of nitrogens with one attached hydrogen (secondary N) is 2. The first-order valence-corrected chi connectivity index (χ1v) is 8.77. The zero-order chi connectivity index (χ0) is 17.5. The average Bonchev–Trinajstić information content (AvgIpc) is 2.58. The van der Waals surface area contributed by atoms with Crippen LogP contribution in [0.3, 0.4) is 0 Å². The van der Waals surface area contributed by atoms with E-state index >= 15 is 0 Å². The summed E-state index contributed by atoms with van der Waals surface area (Å²) in [5.74, 6) is -0.422. The first-order chi connectivity index (χ1) is 11.5. The van der Waals surface area contributed by atoms with Gasteiger partial charge in [0.05, 0.1) is 11.3 Å². The Morgan fingerprint density at radius 2 is 1.83 bits per heavy atom. The molecule has 0 bridgehead atoms. The van der Waals surface area contributed by atoms with Crippen molar-refractivity contribution in [3.8, 4) is 0 Å². The topological polar surface area (TPSA) is 58.2 Å². The second-order valence-corrected chi connectivity index (χ2v) is 6.43. The molecule has 24 heavy (non-hydrogen) atoms. The quantitative estimate of drug-likeness (QED) is 0.713. The lowest BCUT2D eigenvalue weighted by Gasteiger charge is -2.12. The van der Waals surface area contributed by atoms with Gasteiger partial charge in [0.1, 0.15) is 0 Å². The molecule has 2 aromatic rings. The summed E-state index contributed by atoms with van der Waals surface area (Å²) >= 11 is 3.43. The molecule has 0 spiro atoms. The molecule has 0 unspecified atom stereocenters. The van der Waals surface area contributed by atoms with E-state index in [1.54, 1.807) is 36.4 Å². The minimum absolute atomic E-state index is 0.176. The van der Waals surface area contributed by atoms with Gasteiger partial charge in [0, 0.05) is 16.6 Å². The predicted octanol–water partition coefficient (Wildman–Crippen LogP) is 4.54. The Labute approximate surface area is 150 Å². The van der Waals surface area contributed by atoms with Gasteiger partial charge in [-0.1, -0.05) is 47.5 Å². The highest BCUT2D eigenvalue weighted by molar-refractivity contribution is 9.10. The molecule has 2 N–H and O–H groups in total. The van der Waals surface area contributed by atoms with Crippen molar-refractivity contribution >= 4 is 33.4 Å². The first kappa shape index (κ1) is 18.2. The van der Waals surface area contributed by atoms with Gasteiger partial charge in [-0.25, -0.2) is 0 Å². The van der Waals surface area contributed by atoms with Crippen molar-refractivity contribution in [2.45, 2.75) is 26.7 Å². The summed E-state index contributed by atoms with van der Waals surface area (Å²) in [5.41, 5.74) is 2.57. The van der Waals surface area contributed by atoms with Crippen molar-refractivity contribution < 1.29 is 9.59 Å². The summed E-state index contributed by atoms with van der Waals surface area (Å²) in [6, 6.07) is 12.4. The molecule has 2 rings (SSSR count). The zero-order valence-corrected chi connectivity index (χ0v) is 15.4. The molecule has 0 heterocycles. The highest BCUT2D eigenvalue weighted by Gasteiger charge is 2.14. The van der Waals surface area contributed by atoms with Crippen LogP contribution in [0.1, 0.15) is 46.0 Å². The van der Waals surface area contributed by atoms with Crippen LogP contribution in [-0.2, 0) is 0 Å². The number of halogens is 1. The number of hydrogen-bond donors (Lipinski definition) is 2. The Hall–Kier alpha value is -2.14. The number of para-hydroxylation sites is 1. The van der Waals surface area contributed by atoms with Gasteiger partial charge in [-0.05, 0) is 43.2 Å². The Bertz CT molecular complexity index is 744. The molecule has 0 saturated carbocycles. The van der Waals surface area contributed by atoms with Gasteiger partial charge in [-0.2, -0.15) is 0 Å². The van der Waals surface area contributed by atoms with Crippen molar-refractivity contribution in [2.24, 2.45) is 0 Å². The fourth-order valence-corrected chi connectivity index (χ4v) is 2.57. The summed E-state index contributed by atoms with van der Waals surface area (Å²) in [6.07, 6.45) is 1.94. The summed E-state index contributed by atoms with van der Waals surface area (Å²) in [6.45, 7) is 4.66. The van der Waals surface area contributed by atoms with E-state index in [1.807, 2.05) is 13.0 Å². The van der Waals surface area contributed by atoms with Crippen molar-refractivity contribution in [1.29, 1.82) is 0 Å². The van der Waals surface area contributed by atoms with E-state index in [2.05, 4.69) is 33.5 Å². The third-order valence-corrected chi connectivity index (χ3v) is 4.52. The summed E-state index contributed by atoms with van der Waals surface area (Å²) in [4.78, 5) is 24.7. The van der Waals surface area contributed by atoms with Gasteiger partial charge in [-0.3, -0.25) is 9.59 Å². The Kier molecular flexibility index (Phi) is 6.55. The van der Waals surface area contributed by atoms with Gasteiger partial charge in [0.25, 0.3) is 11.8 Å². The molecule has 0 saturated heterocycles. The smallest absolute Gasteiger partial charge is 0.255 e. The van der Waals surface area contributed by atoms with Gasteiger partial charge >= 0.3 is 0 Å². The minimum atomic E-state index is -0.246. The zero-order valence-electron chi connectivity index (χ0n) is 13.9. The van der Waals surface area contributed by atoms with Crippen LogP contribution >= 0.6 is 15.9 Å². The van der Waals surface area contributed by atoms with Crippen LogP contribution in [0.5, 0.6) is 0 Å². The van der Waals surface area contributed by atoms with E-state index in [0.717, 1.165) is 22.9 Å². The van der Waals surface area contributed by atoms with E-state index < -0.39 is 0 Å². The Balaban J connectivity index is 2.15. The van der Waals surface area contributed by atoms with Crippen LogP contribution in [0.25, 0.3) is 0 Å². The molecule has 2 aromatic carbocycles. The lowest BCUT2D eigenvalue weighted by molar-refractivity contribution is 0.0954. The summed E-state index contributed by atoms with van der Waals surface area (Å²) < 4.78 is 0.876. The van der Waals surface area contributed by atoms with E-state index in [-0.39, 0.29) is 11.8 Å². The molecule has 4 nitrogen and oxygen atoms in total. The number of rotatable bonds is 6. The molecule has 0 radical (unpaired) electrons. The van der Waals surface area contributed by atoms with Crippen LogP contribution in [-0.4, -0.2) is 18.4 Å². The average molecular weight is 389 g/mol. The van der Waals surface area contributed by atoms with Crippen LogP contribution in [0.15, 0.2) is 46.9 Å². The number of hydrogen-bond acceptors (Lipinski definition) is 2. The molecule has 0 aliphatic rings. The Morgan fingerprint density at radius 3 is 2.54 bits per heavy atom. The third kappa shape index (κ3) is 4.68. The van der Waals surface area contributed by atoms with Gasteiger partial charge < -0.3 is 10.6 Å². The van der Waals surface area contributed by atoms with Gasteiger partial charge in [0.15, 0.2) is 0 Å². The van der Waals surface area contributed by atoms with Crippen LogP contribution in [0.2, 0.25) is 0 Å². The lowest BCUT2D eigenvalue weighted by atomic mass is 10.1. The van der Waals surface area contributed by atoms with Crippen molar-refractivity contribution in [1.82, 2.24) is 5.32 Å². The first-order valence-electron chi connectivity index (χ1n) is 7.97. The summed E-state index contributed by atoms with van der Waals surface area (Å²) in [5, 5.41) is 5.70. The highest BCUT2D eigenvalue weighted by atomic mass is 79.9. The molecule has 0 aliphatic heterocycles. The minimum Gasteiger partial charge on any atom is -0.352 e. The molecule has 126 valence electrons. The molecule has 0 atom stereocenters. The summed E-state index contributed by atoms with van der Waals surface area (Å²) in [7, 11) is 0. The van der Waals surface area contributed by atoms with E-state index in [1.165, 1.54) is 0 Å². The van der Waals surface area contributed by atoms with Gasteiger partial charge in [0.2, 0.25) is 0 Å². The fraction of sp³-hybridized carbons (Fsp3) is 0.263. The number of aryl methyl sites for hydroxylation is 1. The lowest BCUT2D eigenvalue weighted by Crippen LogP contribution is -2.26. The van der Waals surface area contributed by atoms with E-state index in [9.17, 15) is 9.59 Å². The molecule has 0 fully saturated rings. The number of amides is 2. The molecule has 2 amide bonds. The van der Waals surface area contributed by atoms with Crippen LogP contribution in [0, 0.1) is 6.92 Å². The van der Waals surface area contributed by atoms with E-state index in [4.69, 9.17) is 0 Å². The molecule has 5 heteroatoms. The van der Waals surface area contributed by atoms with Crippen molar-refractivity contribution in [3.05, 3.63) is 63.6 Å². The standard InChI is InChI=1S/C19H21BrN2O2/c1-3-4-11-21-19(24)15-7-5-6-8-17(15)22-18(23)14-10-9-13(2)16(20)12-14/h5-10,12H,3-4,11H2,1-2H3,(H,21,24)(H,22,23). The fourth-order valence-electron chi connectivity index (χ4n) is 2.19. The maximum Gasteiger partial charge on any atom is 0.255 e. The Morgan fingerprint density at radius 1 is 1.08 bits per heavy atom. The van der Waals surface area contributed by atoms with Crippen LogP contribution < -0.4 is 10.6 Å². The maximum atomic E-state index is 12.4. The maximum absolute atomic E-state index is 12.4. The largest absolute Gasteiger partial charge is 0.352 e. The molecule has 0 aliphatic carbocycles. The number of carbonyl (C=O) groups excluding carboxylic acids is 2. The van der Waals surface area contributed by atoms with Crippen molar-refractivity contribution in [3.63, 3.8) is 0 Å². The number of carbonyl (C=O) groups is 2. The molecule has 0 aromatic heterocycles. The predicted molar refractivity (Wildman–Crippen MR) is 101 cm³/mol. The number of unbranched alkanes of at least 4 members (excludes halogenated alkanes) is 1. The van der Waals surface area contributed by atoms with Crippen molar-refractivity contribution in [2.75, 3.05) is 11.9 Å². The second kappa shape index (κ2) is 8.64.